The summed E-state index contributed by atoms with van der Waals surface area (Å²) in [5.74, 6) is 1.13. The van der Waals surface area contributed by atoms with Gasteiger partial charge in [-0.15, -0.1) is 0 Å². The Morgan fingerprint density at radius 1 is 1.64 bits per heavy atom. The molecule has 0 radical (unpaired) electrons. The largest absolute Gasteiger partial charge is 0.339 e. The third kappa shape index (κ3) is 2.89. The van der Waals surface area contributed by atoms with Gasteiger partial charge in [-0.1, -0.05) is 6.92 Å². The zero-order valence-electron chi connectivity index (χ0n) is 9.25. The second-order valence-corrected chi connectivity index (χ2v) is 6.18. The molecule has 1 aliphatic heterocycles. The minimum absolute atomic E-state index is 0.112. The van der Waals surface area contributed by atoms with Gasteiger partial charge < -0.3 is 10.6 Å². The van der Waals surface area contributed by atoms with Crippen molar-refractivity contribution in [2.45, 2.75) is 38.0 Å². The molecule has 1 heterocycles. The van der Waals surface area contributed by atoms with Gasteiger partial charge in [-0.25, -0.2) is 0 Å². The summed E-state index contributed by atoms with van der Waals surface area (Å²) < 4.78 is 0.182. The Morgan fingerprint density at radius 3 is 2.79 bits per heavy atom. The molecule has 3 nitrogen and oxygen atoms in total. The molecule has 0 bridgehead atoms. The van der Waals surface area contributed by atoms with Crippen LogP contribution in [0.5, 0.6) is 0 Å². The molecular formula is C10H20N2OS. The van der Waals surface area contributed by atoms with Gasteiger partial charge in [-0.2, -0.15) is 11.8 Å². The van der Waals surface area contributed by atoms with Crippen molar-refractivity contribution in [1.29, 1.82) is 0 Å². The van der Waals surface area contributed by atoms with Crippen LogP contribution in [0.25, 0.3) is 0 Å². The van der Waals surface area contributed by atoms with Gasteiger partial charge in [0.15, 0.2) is 0 Å². The van der Waals surface area contributed by atoms with E-state index in [1.165, 1.54) is 0 Å². The number of nitrogens with two attached hydrogens (primary N) is 1. The molecule has 0 aliphatic carbocycles. The molecule has 1 rings (SSSR count). The molecule has 1 fully saturated rings. The Hall–Kier alpha value is -0.220. The molecule has 0 aromatic rings. The van der Waals surface area contributed by atoms with Crippen molar-refractivity contribution in [1.82, 2.24) is 4.90 Å². The van der Waals surface area contributed by atoms with Crippen LogP contribution < -0.4 is 5.73 Å². The monoisotopic (exact) mass is 216 g/mol. The molecule has 1 amide bonds. The van der Waals surface area contributed by atoms with Crippen LogP contribution in [-0.4, -0.2) is 40.4 Å². The predicted octanol–water partition coefficient (Wildman–Crippen LogP) is 1.08. The molecule has 0 saturated carbocycles. The molecule has 1 saturated heterocycles. The first-order valence-corrected chi connectivity index (χ1v) is 6.13. The van der Waals surface area contributed by atoms with E-state index in [2.05, 4.69) is 13.8 Å². The second kappa shape index (κ2) is 4.53. The number of hydrogen-bond acceptors (Lipinski definition) is 3. The normalized spacial score (nSPS) is 23.3. The van der Waals surface area contributed by atoms with Crippen LogP contribution in [0.1, 0.15) is 27.2 Å². The summed E-state index contributed by atoms with van der Waals surface area (Å²) in [6, 6.07) is -0.311. The van der Waals surface area contributed by atoms with E-state index in [0.29, 0.717) is 0 Å². The van der Waals surface area contributed by atoms with Gasteiger partial charge in [-0.05, 0) is 20.3 Å². The lowest BCUT2D eigenvalue weighted by Crippen LogP contribution is -2.51. The summed E-state index contributed by atoms with van der Waals surface area (Å²) in [5, 5.41) is 0. The van der Waals surface area contributed by atoms with Crippen molar-refractivity contribution >= 4 is 17.7 Å². The maximum Gasteiger partial charge on any atom is 0.239 e. The summed E-state index contributed by atoms with van der Waals surface area (Å²) in [7, 11) is 0. The van der Waals surface area contributed by atoms with Gasteiger partial charge in [-0.3, -0.25) is 4.79 Å². The summed E-state index contributed by atoms with van der Waals surface area (Å²) >= 11 is 1.93. The van der Waals surface area contributed by atoms with Gasteiger partial charge in [0, 0.05) is 23.6 Å². The Bertz CT molecular complexity index is 218. The number of amides is 1. The number of hydrogen-bond donors (Lipinski definition) is 1. The van der Waals surface area contributed by atoms with Crippen LogP contribution in [0.2, 0.25) is 0 Å². The zero-order chi connectivity index (χ0) is 10.8. The highest BCUT2D eigenvalue weighted by atomic mass is 32.2. The number of carbonyl (C=O) groups excluding carboxylic acids is 1. The maximum atomic E-state index is 11.8. The minimum Gasteiger partial charge on any atom is -0.339 e. The van der Waals surface area contributed by atoms with Crippen LogP contribution in [-0.2, 0) is 4.79 Å². The van der Waals surface area contributed by atoms with Crippen LogP contribution in [0, 0.1) is 0 Å². The quantitative estimate of drug-likeness (QED) is 0.751. The highest BCUT2D eigenvalue weighted by Crippen LogP contribution is 2.29. The third-order valence-electron chi connectivity index (χ3n) is 2.49. The smallest absolute Gasteiger partial charge is 0.239 e. The summed E-state index contributed by atoms with van der Waals surface area (Å²) in [4.78, 5) is 13.7. The minimum atomic E-state index is -0.311. The van der Waals surface area contributed by atoms with Crippen molar-refractivity contribution in [3.63, 3.8) is 0 Å². The van der Waals surface area contributed by atoms with Crippen LogP contribution in [0.3, 0.4) is 0 Å². The van der Waals surface area contributed by atoms with E-state index in [9.17, 15) is 4.79 Å². The molecule has 1 aliphatic rings. The molecule has 0 aromatic carbocycles. The lowest BCUT2D eigenvalue weighted by atomic mass is 10.1. The number of thioether (sulfide) groups is 1. The molecule has 2 N–H and O–H groups in total. The number of nitrogens with zero attached hydrogens (tertiary/aromatic N) is 1. The van der Waals surface area contributed by atoms with E-state index in [1.807, 2.05) is 23.6 Å². The van der Waals surface area contributed by atoms with Gasteiger partial charge in [0.25, 0.3) is 0 Å². The molecular weight excluding hydrogens is 196 g/mol. The predicted molar refractivity (Wildman–Crippen MR) is 61.4 cm³/mol. The van der Waals surface area contributed by atoms with Gasteiger partial charge >= 0.3 is 0 Å². The second-order valence-electron chi connectivity index (χ2n) is 4.38. The topological polar surface area (TPSA) is 46.3 Å². The summed E-state index contributed by atoms with van der Waals surface area (Å²) in [5.41, 5.74) is 5.74. The molecule has 0 aromatic heterocycles. The molecule has 4 heteroatoms. The first-order valence-electron chi connectivity index (χ1n) is 5.14. The molecule has 14 heavy (non-hydrogen) atoms. The van der Waals surface area contributed by atoms with Crippen LogP contribution in [0.4, 0.5) is 0 Å². The van der Waals surface area contributed by atoms with E-state index < -0.39 is 0 Å². The lowest BCUT2D eigenvalue weighted by molar-refractivity contribution is -0.132. The van der Waals surface area contributed by atoms with E-state index in [-0.39, 0.29) is 16.7 Å². The van der Waals surface area contributed by atoms with E-state index >= 15 is 0 Å². The molecule has 0 spiro atoms. The van der Waals surface area contributed by atoms with Crippen molar-refractivity contribution < 1.29 is 4.79 Å². The fourth-order valence-electron chi connectivity index (χ4n) is 1.61. The Balaban J connectivity index is 2.56. The first kappa shape index (κ1) is 11.9. The molecule has 1 atom stereocenters. The van der Waals surface area contributed by atoms with Gasteiger partial charge in [0.1, 0.15) is 0 Å². The van der Waals surface area contributed by atoms with Crippen molar-refractivity contribution in [2.75, 3.05) is 18.8 Å². The SMILES string of the molecule is CC[C@@H](N)C(=O)N1CCSC(C)(C)C1. The fourth-order valence-corrected chi connectivity index (χ4v) is 2.73. The number of rotatable bonds is 2. The van der Waals surface area contributed by atoms with Crippen molar-refractivity contribution in [3.05, 3.63) is 0 Å². The van der Waals surface area contributed by atoms with E-state index in [1.54, 1.807) is 0 Å². The standard InChI is InChI=1S/C10H20N2OS/c1-4-8(11)9(13)12-5-6-14-10(2,3)7-12/h8H,4-7,11H2,1-3H3/t8-/m1/s1. The lowest BCUT2D eigenvalue weighted by Gasteiger charge is -2.38. The van der Waals surface area contributed by atoms with Crippen LogP contribution >= 0.6 is 11.8 Å². The highest BCUT2D eigenvalue weighted by molar-refractivity contribution is 8.00. The number of carbonyl (C=O) groups is 1. The Morgan fingerprint density at radius 2 is 2.29 bits per heavy atom. The Kier molecular flexibility index (Phi) is 3.84. The zero-order valence-corrected chi connectivity index (χ0v) is 10.1. The van der Waals surface area contributed by atoms with Crippen molar-refractivity contribution in [2.24, 2.45) is 5.73 Å². The van der Waals surface area contributed by atoms with E-state index in [0.717, 1.165) is 25.3 Å². The van der Waals surface area contributed by atoms with Crippen LogP contribution in [0.15, 0.2) is 0 Å². The Labute approximate surface area is 90.4 Å². The van der Waals surface area contributed by atoms with E-state index in [4.69, 9.17) is 5.73 Å². The summed E-state index contributed by atoms with van der Waals surface area (Å²) in [6.07, 6.45) is 0.725. The molecule has 82 valence electrons. The summed E-state index contributed by atoms with van der Waals surface area (Å²) in [6.45, 7) is 7.97. The molecule has 0 unspecified atom stereocenters. The third-order valence-corrected chi connectivity index (χ3v) is 3.79. The average Bonchev–Trinajstić information content (AvgIpc) is 2.14. The first-order chi connectivity index (χ1) is 6.46. The highest BCUT2D eigenvalue weighted by Gasteiger charge is 2.31. The maximum absolute atomic E-state index is 11.8. The van der Waals surface area contributed by atoms with Gasteiger partial charge in [0.2, 0.25) is 5.91 Å². The fraction of sp³-hybridized carbons (Fsp3) is 0.900. The van der Waals surface area contributed by atoms with Crippen molar-refractivity contribution in [3.8, 4) is 0 Å². The average molecular weight is 216 g/mol. The van der Waals surface area contributed by atoms with Gasteiger partial charge in [0.05, 0.1) is 6.04 Å².